The fraction of sp³-hybridized carbons (Fsp3) is 0.364. The Labute approximate surface area is 120 Å². The Hall–Kier alpha value is -3.09. The van der Waals surface area contributed by atoms with E-state index < -0.39 is 12.0 Å². The number of hydrogen-bond acceptors (Lipinski definition) is 7. The number of nitrogens with two attached hydrogens (primary N) is 1. The van der Waals surface area contributed by atoms with Crippen molar-refractivity contribution in [3.8, 4) is 12.3 Å². The number of hydrazine groups is 1. The summed E-state index contributed by atoms with van der Waals surface area (Å²) in [7, 11) is 1.25. The lowest BCUT2D eigenvalue weighted by molar-refractivity contribution is -0.138. The molecule has 0 atom stereocenters. The Bertz CT molecular complexity index is 601. The molecular weight excluding hydrogens is 278 g/mol. The second-order valence-corrected chi connectivity index (χ2v) is 3.96. The van der Waals surface area contributed by atoms with Crippen LogP contribution in [-0.2, 0) is 9.53 Å². The molecule has 10 heteroatoms. The summed E-state index contributed by atoms with van der Waals surface area (Å²) in [6, 6.07) is -0.391. The number of methoxy groups -OCH3 is 1. The van der Waals surface area contributed by atoms with Gasteiger partial charge < -0.3 is 10.5 Å². The zero-order chi connectivity index (χ0) is 15.4. The van der Waals surface area contributed by atoms with Gasteiger partial charge >= 0.3 is 12.0 Å². The van der Waals surface area contributed by atoms with Crippen molar-refractivity contribution >= 4 is 29.4 Å². The predicted octanol–water partition coefficient (Wildman–Crippen LogP) is -1.88. The summed E-state index contributed by atoms with van der Waals surface area (Å²) in [6.45, 7) is -0.114. The van der Waals surface area contributed by atoms with E-state index in [1.54, 1.807) is 0 Å². The Morgan fingerprint density at radius 1 is 1.67 bits per heavy atom. The number of nitrogens with zero attached hydrogens (tertiary/aromatic N) is 5. The molecule has 110 valence electrons. The SMILES string of the molecule is C#CCN1NN=C2C(C(N)=NCC(=O)OC)=NCN2C1=O. The molecule has 0 aliphatic carbocycles. The maximum Gasteiger partial charge on any atom is 0.348 e. The molecule has 2 aliphatic heterocycles. The maximum absolute atomic E-state index is 12.1. The average molecular weight is 291 g/mol. The van der Waals surface area contributed by atoms with E-state index in [4.69, 9.17) is 12.2 Å². The third kappa shape index (κ3) is 2.76. The summed E-state index contributed by atoms with van der Waals surface area (Å²) < 4.78 is 4.45. The molecule has 2 amide bonds. The highest BCUT2D eigenvalue weighted by Crippen LogP contribution is 2.12. The van der Waals surface area contributed by atoms with Gasteiger partial charge in [-0.15, -0.1) is 11.5 Å². The van der Waals surface area contributed by atoms with Gasteiger partial charge in [0.15, 0.2) is 5.84 Å². The number of amides is 2. The van der Waals surface area contributed by atoms with Gasteiger partial charge in [-0.1, -0.05) is 5.92 Å². The molecule has 3 N–H and O–H groups in total. The minimum atomic E-state index is -0.534. The van der Waals surface area contributed by atoms with Crippen molar-refractivity contribution in [2.45, 2.75) is 0 Å². The first-order chi connectivity index (χ1) is 10.1. The van der Waals surface area contributed by atoms with Gasteiger partial charge in [0.2, 0.25) is 0 Å². The van der Waals surface area contributed by atoms with Crippen LogP contribution in [0.2, 0.25) is 0 Å². The zero-order valence-electron chi connectivity index (χ0n) is 11.2. The number of fused-ring (bicyclic) bond motifs is 1. The summed E-state index contributed by atoms with van der Waals surface area (Å²) in [4.78, 5) is 32.3. The Morgan fingerprint density at radius 3 is 3.10 bits per heavy atom. The Morgan fingerprint density at radius 2 is 2.43 bits per heavy atom. The Kier molecular flexibility index (Phi) is 4.03. The van der Waals surface area contributed by atoms with Gasteiger partial charge in [-0.3, -0.25) is 19.7 Å². The van der Waals surface area contributed by atoms with Gasteiger partial charge in [-0.25, -0.2) is 15.3 Å². The smallest absolute Gasteiger partial charge is 0.348 e. The van der Waals surface area contributed by atoms with Crippen LogP contribution in [0.25, 0.3) is 0 Å². The largest absolute Gasteiger partial charge is 0.468 e. The lowest BCUT2D eigenvalue weighted by Crippen LogP contribution is -2.56. The van der Waals surface area contributed by atoms with E-state index in [1.165, 1.54) is 12.0 Å². The minimum absolute atomic E-state index is 0.00153. The second kappa shape index (κ2) is 5.91. The molecule has 2 heterocycles. The molecule has 0 aromatic rings. The van der Waals surface area contributed by atoms with Gasteiger partial charge in [0.25, 0.3) is 0 Å². The standard InChI is InChI=1S/C11H13N7O3/c1-3-4-18-11(20)17-6-14-8(10(17)15-16-18)9(12)13-5-7(19)21-2/h1,16H,4-6H2,2H3,(H2,12,13). The van der Waals surface area contributed by atoms with Crippen LogP contribution < -0.4 is 11.3 Å². The van der Waals surface area contributed by atoms with Gasteiger partial charge in [-0.05, 0) is 0 Å². The van der Waals surface area contributed by atoms with Crippen LogP contribution in [0.4, 0.5) is 4.79 Å². The van der Waals surface area contributed by atoms with Crippen LogP contribution in [0.5, 0.6) is 0 Å². The monoisotopic (exact) mass is 291 g/mol. The van der Waals surface area contributed by atoms with E-state index in [-0.39, 0.29) is 37.1 Å². The fourth-order valence-corrected chi connectivity index (χ4v) is 1.65. The average Bonchev–Trinajstić information content (AvgIpc) is 2.92. The van der Waals surface area contributed by atoms with Crippen molar-refractivity contribution in [3.63, 3.8) is 0 Å². The van der Waals surface area contributed by atoms with Crippen LogP contribution in [0.3, 0.4) is 0 Å². The summed E-state index contributed by atoms with van der Waals surface area (Å²) in [5.41, 5.74) is 8.49. The number of urea groups is 1. The highest BCUT2D eigenvalue weighted by Gasteiger charge is 2.36. The van der Waals surface area contributed by atoms with Gasteiger partial charge in [0.05, 0.1) is 7.11 Å². The van der Waals surface area contributed by atoms with Gasteiger partial charge in [0, 0.05) is 0 Å². The van der Waals surface area contributed by atoms with E-state index in [1.807, 2.05) is 0 Å². The van der Waals surface area contributed by atoms with Gasteiger partial charge in [-0.2, -0.15) is 0 Å². The molecule has 2 aliphatic rings. The quantitative estimate of drug-likeness (QED) is 0.271. The van der Waals surface area contributed by atoms with Crippen LogP contribution in [0.1, 0.15) is 0 Å². The van der Waals surface area contributed by atoms with Gasteiger partial charge in [0.1, 0.15) is 31.3 Å². The predicted molar refractivity (Wildman–Crippen MR) is 74.2 cm³/mol. The van der Waals surface area contributed by atoms with E-state index >= 15 is 0 Å². The molecule has 0 spiro atoms. The first kappa shape index (κ1) is 14.3. The number of carbonyl (C=O) groups is 2. The molecule has 0 fully saturated rings. The number of rotatable bonds is 4. The van der Waals surface area contributed by atoms with Crippen LogP contribution in [-0.4, -0.2) is 66.2 Å². The van der Waals surface area contributed by atoms with Crippen molar-refractivity contribution < 1.29 is 14.3 Å². The fourth-order valence-electron chi connectivity index (χ4n) is 1.65. The topological polar surface area (TPSA) is 125 Å². The third-order valence-electron chi connectivity index (χ3n) is 2.67. The lowest BCUT2D eigenvalue weighted by Gasteiger charge is -2.29. The van der Waals surface area contributed by atoms with E-state index in [2.05, 4.69) is 31.3 Å². The summed E-state index contributed by atoms with van der Waals surface area (Å²) >= 11 is 0. The summed E-state index contributed by atoms with van der Waals surface area (Å²) in [5.74, 6) is 2.03. The number of hydrogen-bond donors (Lipinski definition) is 2. The number of ether oxygens (including phenoxy) is 1. The first-order valence-electron chi connectivity index (χ1n) is 5.86. The number of nitrogens with one attached hydrogen (secondary N) is 1. The molecule has 0 saturated heterocycles. The molecule has 0 unspecified atom stereocenters. The first-order valence-corrected chi connectivity index (χ1v) is 5.86. The molecule has 0 radical (unpaired) electrons. The number of aliphatic imine (C=N–C) groups is 2. The Balaban J connectivity index is 2.14. The summed E-state index contributed by atoms with van der Waals surface area (Å²) in [5, 5.41) is 5.14. The number of hydrazone groups is 1. The number of amidine groups is 2. The number of terminal acetylenes is 1. The van der Waals surface area contributed by atoms with Crippen LogP contribution in [0.15, 0.2) is 15.1 Å². The zero-order valence-corrected chi connectivity index (χ0v) is 11.2. The van der Waals surface area contributed by atoms with E-state index in [0.717, 1.165) is 5.01 Å². The molecule has 2 rings (SSSR count). The molecule has 0 bridgehead atoms. The normalized spacial score (nSPS) is 17.5. The molecular formula is C11H13N7O3. The van der Waals surface area contributed by atoms with Crippen molar-refractivity contribution in [2.75, 3.05) is 26.9 Å². The number of esters is 1. The van der Waals surface area contributed by atoms with E-state index in [9.17, 15) is 9.59 Å². The molecule has 0 aromatic carbocycles. The van der Waals surface area contributed by atoms with Crippen molar-refractivity contribution in [1.82, 2.24) is 15.4 Å². The molecule has 10 nitrogen and oxygen atoms in total. The lowest BCUT2D eigenvalue weighted by atomic mass is 10.3. The summed E-state index contributed by atoms with van der Waals surface area (Å²) in [6.07, 6.45) is 5.15. The maximum atomic E-state index is 12.1. The molecule has 21 heavy (non-hydrogen) atoms. The second-order valence-electron chi connectivity index (χ2n) is 3.96. The third-order valence-corrected chi connectivity index (χ3v) is 2.67. The van der Waals surface area contributed by atoms with Crippen molar-refractivity contribution in [3.05, 3.63) is 0 Å². The molecule has 0 aromatic heterocycles. The van der Waals surface area contributed by atoms with E-state index in [0.29, 0.717) is 0 Å². The van der Waals surface area contributed by atoms with Crippen molar-refractivity contribution in [2.24, 2.45) is 20.8 Å². The number of carbonyl (C=O) groups excluding carboxylic acids is 2. The highest BCUT2D eigenvalue weighted by molar-refractivity contribution is 6.69. The van der Waals surface area contributed by atoms with Crippen LogP contribution >= 0.6 is 0 Å². The highest BCUT2D eigenvalue weighted by atomic mass is 16.5. The minimum Gasteiger partial charge on any atom is -0.468 e. The van der Waals surface area contributed by atoms with Crippen molar-refractivity contribution in [1.29, 1.82) is 0 Å². The molecule has 0 saturated carbocycles. The van der Waals surface area contributed by atoms with Crippen LogP contribution in [0, 0.1) is 12.3 Å².